The molecule has 3 aromatic rings. The number of fused-ring (bicyclic) bond motifs is 1. The van der Waals surface area contributed by atoms with Gasteiger partial charge < -0.3 is 29.4 Å². The van der Waals surface area contributed by atoms with Crippen molar-refractivity contribution in [2.24, 2.45) is 5.92 Å². The smallest absolute Gasteiger partial charge is 0.294 e. The van der Waals surface area contributed by atoms with Crippen LogP contribution in [0.5, 0.6) is 5.88 Å². The highest BCUT2D eigenvalue weighted by Gasteiger charge is 2.34. The summed E-state index contributed by atoms with van der Waals surface area (Å²) in [7, 11) is 1.48. The van der Waals surface area contributed by atoms with E-state index in [9.17, 15) is 14.4 Å². The van der Waals surface area contributed by atoms with Crippen molar-refractivity contribution in [1.82, 2.24) is 14.9 Å². The standard InChI is InChI=1S/C25H26ClN5O6/c1-35-19-9-7-17-21(29-19)22(23(37-17)25(34)28-18-8-4-15(26)12-27-18)30-24(33)14-2-5-16(6-3-14)31-10-11-36-13-20(31)32/h4,7-9,12,14,16H,2-3,5-6,10-11,13H2,1H3,(H,30,33)(H,27,28,34). The topological polar surface area (TPSA) is 136 Å². The lowest BCUT2D eigenvalue weighted by Crippen LogP contribution is -2.49. The molecule has 37 heavy (non-hydrogen) atoms. The van der Waals surface area contributed by atoms with Crippen molar-refractivity contribution in [1.29, 1.82) is 0 Å². The van der Waals surface area contributed by atoms with Gasteiger partial charge in [0.05, 0.1) is 18.7 Å². The number of carbonyl (C=O) groups is 3. The number of nitrogens with zero attached hydrogens (tertiary/aromatic N) is 3. The Morgan fingerprint density at radius 3 is 2.65 bits per heavy atom. The minimum absolute atomic E-state index is 0.00475. The summed E-state index contributed by atoms with van der Waals surface area (Å²) < 4.78 is 16.2. The van der Waals surface area contributed by atoms with E-state index in [4.69, 9.17) is 25.5 Å². The van der Waals surface area contributed by atoms with E-state index in [-0.39, 0.29) is 47.6 Å². The van der Waals surface area contributed by atoms with Crippen molar-refractivity contribution in [2.45, 2.75) is 31.7 Å². The number of methoxy groups -OCH3 is 1. The maximum Gasteiger partial charge on any atom is 0.294 e. The molecule has 0 aromatic carbocycles. The van der Waals surface area contributed by atoms with Gasteiger partial charge in [-0.15, -0.1) is 0 Å². The largest absolute Gasteiger partial charge is 0.481 e. The molecule has 3 amide bonds. The van der Waals surface area contributed by atoms with Crippen LogP contribution in [0.2, 0.25) is 5.02 Å². The molecule has 0 atom stereocenters. The average molecular weight is 528 g/mol. The summed E-state index contributed by atoms with van der Waals surface area (Å²) >= 11 is 5.88. The molecular weight excluding hydrogens is 502 g/mol. The Morgan fingerprint density at radius 1 is 1.14 bits per heavy atom. The second kappa shape index (κ2) is 10.7. The second-order valence-electron chi connectivity index (χ2n) is 8.96. The summed E-state index contributed by atoms with van der Waals surface area (Å²) in [5.74, 6) is -0.644. The molecule has 2 fully saturated rings. The van der Waals surface area contributed by atoms with Crippen LogP contribution < -0.4 is 15.4 Å². The fourth-order valence-corrected chi connectivity index (χ4v) is 4.87. The van der Waals surface area contributed by atoms with Crippen molar-refractivity contribution in [3.05, 3.63) is 41.2 Å². The van der Waals surface area contributed by atoms with Gasteiger partial charge in [-0.05, 0) is 43.9 Å². The van der Waals surface area contributed by atoms with Crippen LogP contribution in [-0.4, -0.2) is 65.5 Å². The van der Waals surface area contributed by atoms with E-state index in [1.165, 1.54) is 13.3 Å². The molecule has 1 aliphatic heterocycles. The number of hydrogen-bond acceptors (Lipinski definition) is 8. The van der Waals surface area contributed by atoms with Gasteiger partial charge in [0, 0.05) is 30.8 Å². The van der Waals surface area contributed by atoms with Crippen LogP contribution in [0.4, 0.5) is 11.5 Å². The van der Waals surface area contributed by atoms with Crippen LogP contribution in [0.25, 0.3) is 11.1 Å². The number of halogens is 1. The van der Waals surface area contributed by atoms with Gasteiger partial charge in [0.15, 0.2) is 5.58 Å². The maximum absolute atomic E-state index is 13.3. The zero-order chi connectivity index (χ0) is 25.9. The summed E-state index contributed by atoms with van der Waals surface area (Å²) in [4.78, 5) is 49.0. The molecule has 5 rings (SSSR count). The highest BCUT2D eigenvalue weighted by Crippen LogP contribution is 2.34. The summed E-state index contributed by atoms with van der Waals surface area (Å²) in [5.41, 5.74) is 0.783. The highest BCUT2D eigenvalue weighted by molar-refractivity contribution is 6.30. The van der Waals surface area contributed by atoms with E-state index in [2.05, 4.69) is 20.6 Å². The van der Waals surface area contributed by atoms with Gasteiger partial charge in [0.1, 0.15) is 23.6 Å². The van der Waals surface area contributed by atoms with Crippen molar-refractivity contribution >= 4 is 51.9 Å². The molecule has 4 heterocycles. The number of ether oxygens (including phenoxy) is 2. The SMILES string of the molecule is COc1ccc2oc(C(=O)Nc3ccc(Cl)cn3)c(NC(=O)C3CCC(N4CCOCC4=O)CC3)c2n1. The Balaban J connectivity index is 1.34. The first-order valence-corrected chi connectivity index (χ1v) is 12.4. The molecule has 1 saturated carbocycles. The normalized spacial score (nSPS) is 20.1. The van der Waals surface area contributed by atoms with Crippen molar-refractivity contribution in [3.63, 3.8) is 0 Å². The van der Waals surface area contributed by atoms with E-state index in [0.29, 0.717) is 48.0 Å². The van der Waals surface area contributed by atoms with E-state index < -0.39 is 5.91 Å². The summed E-state index contributed by atoms with van der Waals surface area (Å²) in [6, 6.07) is 6.49. The Labute approximate surface area is 217 Å². The van der Waals surface area contributed by atoms with Crippen molar-refractivity contribution in [3.8, 4) is 5.88 Å². The van der Waals surface area contributed by atoms with Gasteiger partial charge in [-0.25, -0.2) is 9.97 Å². The fourth-order valence-electron chi connectivity index (χ4n) is 4.76. The second-order valence-corrected chi connectivity index (χ2v) is 9.39. The molecule has 194 valence electrons. The lowest BCUT2D eigenvalue weighted by atomic mass is 9.84. The van der Waals surface area contributed by atoms with Gasteiger partial charge >= 0.3 is 0 Å². The van der Waals surface area contributed by atoms with Crippen LogP contribution in [0.3, 0.4) is 0 Å². The van der Waals surface area contributed by atoms with Gasteiger partial charge in [0.2, 0.25) is 23.5 Å². The van der Waals surface area contributed by atoms with E-state index in [1.54, 1.807) is 24.3 Å². The fraction of sp³-hybridized carbons (Fsp3) is 0.400. The van der Waals surface area contributed by atoms with Crippen LogP contribution in [0.15, 0.2) is 34.9 Å². The Bertz CT molecular complexity index is 1320. The Hall–Kier alpha value is -3.70. The number of nitrogens with one attached hydrogen (secondary N) is 2. The van der Waals surface area contributed by atoms with Crippen LogP contribution in [0.1, 0.15) is 36.2 Å². The Kier molecular flexibility index (Phi) is 7.24. The lowest BCUT2D eigenvalue weighted by molar-refractivity contribution is -0.146. The molecule has 0 unspecified atom stereocenters. The number of anilines is 2. The molecule has 0 radical (unpaired) electrons. The average Bonchev–Trinajstić information content (AvgIpc) is 3.28. The molecule has 1 saturated heterocycles. The molecule has 12 heteroatoms. The number of furan rings is 1. The predicted octanol–water partition coefficient (Wildman–Crippen LogP) is 3.49. The third-order valence-electron chi connectivity index (χ3n) is 6.67. The van der Waals surface area contributed by atoms with Gasteiger partial charge in [-0.3, -0.25) is 14.4 Å². The number of amides is 3. The number of carbonyl (C=O) groups excluding carboxylic acids is 3. The predicted molar refractivity (Wildman–Crippen MR) is 135 cm³/mol. The summed E-state index contributed by atoms with van der Waals surface area (Å²) in [6.45, 7) is 1.23. The van der Waals surface area contributed by atoms with Crippen LogP contribution in [0, 0.1) is 5.92 Å². The molecule has 2 aliphatic rings. The third-order valence-corrected chi connectivity index (χ3v) is 6.90. The van der Waals surface area contributed by atoms with Crippen LogP contribution in [-0.2, 0) is 14.3 Å². The molecule has 0 bridgehead atoms. The first-order valence-electron chi connectivity index (χ1n) is 12.0. The van der Waals surface area contributed by atoms with E-state index in [1.807, 2.05) is 4.90 Å². The number of aromatic nitrogens is 2. The highest BCUT2D eigenvalue weighted by atomic mass is 35.5. The number of pyridine rings is 2. The third kappa shape index (κ3) is 5.37. The van der Waals surface area contributed by atoms with Crippen molar-refractivity contribution in [2.75, 3.05) is 37.5 Å². The quantitative estimate of drug-likeness (QED) is 0.497. The first-order chi connectivity index (χ1) is 17.9. The molecule has 0 spiro atoms. The number of morpholine rings is 1. The molecular formula is C25H26ClN5O6. The van der Waals surface area contributed by atoms with Gasteiger partial charge in [-0.1, -0.05) is 11.6 Å². The molecule has 1 aliphatic carbocycles. The Morgan fingerprint density at radius 2 is 1.95 bits per heavy atom. The summed E-state index contributed by atoms with van der Waals surface area (Å²) in [6.07, 6.45) is 4.08. The lowest BCUT2D eigenvalue weighted by Gasteiger charge is -2.38. The summed E-state index contributed by atoms with van der Waals surface area (Å²) in [5, 5.41) is 5.96. The number of rotatable bonds is 6. The minimum atomic E-state index is -0.600. The zero-order valence-electron chi connectivity index (χ0n) is 20.2. The van der Waals surface area contributed by atoms with Crippen LogP contribution >= 0.6 is 11.6 Å². The minimum Gasteiger partial charge on any atom is -0.481 e. The molecule has 11 nitrogen and oxygen atoms in total. The first kappa shape index (κ1) is 25.0. The van der Waals surface area contributed by atoms with E-state index in [0.717, 1.165) is 12.8 Å². The van der Waals surface area contributed by atoms with Crippen molar-refractivity contribution < 1.29 is 28.3 Å². The molecule has 2 N–H and O–H groups in total. The molecule has 3 aromatic heterocycles. The van der Waals surface area contributed by atoms with Gasteiger partial charge in [0.25, 0.3) is 5.91 Å². The number of hydrogen-bond donors (Lipinski definition) is 2. The zero-order valence-corrected chi connectivity index (χ0v) is 20.9. The van der Waals surface area contributed by atoms with E-state index >= 15 is 0 Å². The van der Waals surface area contributed by atoms with Gasteiger partial charge in [-0.2, -0.15) is 0 Å². The monoisotopic (exact) mass is 527 g/mol. The maximum atomic E-state index is 13.3.